The van der Waals surface area contributed by atoms with Gasteiger partial charge in [0.1, 0.15) is 0 Å². The summed E-state index contributed by atoms with van der Waals surface area (Å²) in [4.78, 5) is 21.8. The zero-order valence-electron chi connectivity index (χ0n) is 13.4. The molecular weight excluding hydrogens is 324 g/mol. The lowest BCUT2D eigenvalue weighted by atomic mass is 9.97. The van der Waals surface area contributed by atoms with Gasteiger partial charge in [-0.25, -0.2) is 4.98 Å². The van der Waals surface area contributed by atoms with Crippen molar-refractivity contribution in [2.24, 2.45) is 16.6 Å². The minimum atomic E-state index is -0.235. The van der Waals surface area contributed by atoms with Crippen LogP contribution in [0.1, 0.15) is 18.4 Å². The highest BCUT2D eigenvalue weighted by molar-refractivity contribution is 7.14. The van der Waals surface area contributed by atoms with E-state index in [0.717, 1.165) is 42.3 Å². The van der Waals surface area contributed by atoms with Gasteiger partial charge in [0.2, 0.25) is 5.91 Å². The first-order valence-corrected chi connectivity index (χ1v) is 8.71. The topological polar surface area (TPSA) is 94.6 Å². The molecule has 0 aliphatic carbocycles. The molecule has 1 fully saturated rings. The van der Waals surface area contributed by atoms with Crippen LogP contribution >= 0.6 is 11.3 Å². The van der Waals surface area contributed by atoms with Gasteiger partial charge in [0, 0.05) is 37.0 Å². The summed E-state index contributed by atoms with van der Waals surface area (Å²) in [5.41, 5.74) is 7.68. The Hall–Kier alpha value is -2.41. The number of rotatable bonds is 4. The largest absolute Gasteiger partial charge is 0.859 e. The molecule has 0 saturated carbocycles. The van der Waals surface area contributed by atoms with Crippen LogP contribution in [0.25, 0.3) is 11.3 Å². The van der Waals surface area contributed by atoms with Gasteiger partial charge in [0.25, 0.3) is 0 Å². The number of carbonyl (C=O) groups excluding carboxylic acids is 1. The molecule has 1 saturated heterocycles. The van der Waals surface area contributed by atoms with Crippen LogP contribution in [0.2, 0.25) is 0 Å². The maximum absolute atomic E-state index is 11.7. The van der Waals surface area contributed by atoms with E-state index in [1.54, 1.807) is 17.4 Å². The third-order valence-corrected chi connectivity index (χ3v) is 5.17. The van der Waals surface area contributed by atoms with Crippen molar-refractivity contribution in [1.82, 2.24) is 4.98 Å². The molecule has 0 unspecified atom stereocenters. The summed E-state index contributed by atoms with van der Waals surface area (Å²) in [6, 6.07) is 7.34. The van der Waals surface area contributed by atoms with Gasteiger partial charge < -0.3 is 20.7 Å². The Balaban J connectivity index is 1.76. The predicted molar refractivity (Wildman–Crippen MR) is 94.1 cm³/mol. The standard InChI is InChI=1S/C17H20N4O2S/c1-19-16(23)13-4-2-3-12(9-13)14-10-24-17(20-14)21-7-5-11(6-8-21)15(18)22/h2-4,9-11H,5-8H2,1H3,(H2,18,22)(H,19,23)/p-1. The first kappa shape index (κ1) is 16.4. The second kappa shape index (κ2) is 7.00. The van der Waals surface area contributed by atoms with Crippen molar-refractivity contribution in [1.29, 1.82) is 0 Å². The van der Waals surface area contributed by atoms with E-state index in [0.29, 0.717) is 5.56 Å². The van der Waals surface area contributed by atoms with Crippen LogP contribution in [0.15, 0.2) is 34.6 Å². The number of aromatic nitrogens is 1. The predicted octanol–water partition coefficient (Wildman–Crippen LogP) is 1.25. The molecule has 0 spiro atoms. The van der Waals surface area contributed by atoms with Crippen molar-refractivity contribution in [2.75, 3.05) is 25.0 Å². The van der Waals surface area contributed by atoms with E-state index < -0.39 is 0 Å². The number of piperidine rings is 1. The molecule has 0 atom stereocenters. The Morgan fingerprint density at radius 2 is 2.17 bits per heavy atom. The van der Waals surface area contributed by atoms with Crippen molar-refractivity contribution < 1.29 is 9.90 Å². The maximum Gasteiger partial charge on any atom is 0.220 e. The lowest BCUT2D eigenvalue weighted by molar-refractivity contribution is -0.213. The van der Waals surface area contributed by atoms with Gasteiger partial charge in [0.05, 0.1) is 5.69 Å². The maximum atomic E-state index is 11.7. The summed E-state index contributed by atoms with van der Waals surface area (Å²) in [6.07, 6.45) is 1.54. The number of amides is 1. The van der Waals surface area contributed by atoms with E-state index in [1.165, 1.54) is 7.05 Å². The monoisotopic (exact) mass is 343 g/mol. The van der Waals surface area contributed by atoms with Crippen LogP contribution in [-0.4, -0.2) is 36.9 Å². The average Bonchev–Trinajstić information content (AvgIpc) is 3.11. The Bertz CT molecular complexity index is 763. The highest BCUT2D eigenvalue weighted by Gasteiger charge is 2.24. The van der Waals surface area contributed by atoms with Crippen molar-refractivity contribution in [3.05, 3.63) is 35.2 Å². The SMILES string of the molecule is CN=C([O-])c1cccc(-c2csc(N3CCC(C(N)=O)CC3)n2)c1. The molecule has 2 heterocycles. The van der Waals surface area contributed by atoms with E-state index in [-0.39, 0.29) is 17.7 Å². The quantitative estimate of drug-likeness (QED) is 0.667. The first-order valence-electron chi connectivity index (χ1n) is 7.83. The zero-order valence-corrected chi connectivity index (χ0v) is 14.3. The third kappa shape index (κ3) is 3.41. The summed E-state index contributed by atoms with van der Waals surface area (Å²) in [5, 5.41) is 14.6. The molecule has 126 valence electrons. The minimum Gasteiger partial charge on any atom is -0.859 e. The van der Waals surface area contributed by atoms with Gasteiger partial charge in [-0.2, -0.15) is 0 Å². The lowest BCUT2D eigenvalue weighted by Crippen LogP contribution is -2.38. The van der Waals surface area contributed by atoms with E-state index in [1.807, 2.05) is 23.6 Å². The summed E-state index contributed by atoms with van der Waals surface area (Å²) in [5.74, 6) is -0.473. The molecule has 1 amide bonds. The van der Waals surface area contributed by atoms with E-state index in [2.05, 4.69) is 14.9 Å². The number of aliphatic imine (C=N–C) groups is 1. The average molecular weight is 343 g/mol. The van der Waals surface area contributed by atoms with Gasteiger partial charge in [-0.1, -0.05) is 18.2 Å². The van der Waals surface area contributed by atoms with Crippen LogP contribution in [0.5, 0.6) is 0 Å². The van der Waals surface area contributed by atoms with Gasteiger partial charge >= 0.3 is 0 Å². The number of nitrogens with zero attached hydrogens (tertiary/aromatic N) is 3. The summed E-state index contributed by atoms with van der Waals surface area (Å²) >= 11 is 1.57. The molecule has 7 heteroatoms. The number of hydrogen-bond acceptors (Lipinski definition) is 6. The molecule has 1 aromatic carbocycles. The number of primary amides is 1. The molecule has 0 radical (unpaired) electrons. The van der Waals surface area contributed by atoms with E-state index in [9.17, 15) is 9.90 Å². The molecule has 2 aromatic rings. The van der Waals surface area contributed by atoms with E-state index in [4.69, 9.17) is 5.73 Å². The smallest absolute Gasteiger partial charge is 0.220 e. The van der Waals surface area contributed by atoms with Gasteiger partial charge in [-0.15, -0.1) is 11.3 Å². The molecule has 2 N–H and O–H groups in total. The highest BCUT2D eigenvalue weighted by atomic mass is 32.1. The fourth-order valence-electron chi connectivity index (χ4n) is 2.84. The molecule has 3 rings (SSSR count). The van der Waals surface area contributed by atoms with Crippen LogP contribution in [-0.2, 0) is 4.79 Å². The van der Waals surface area contributed by atoms with Crippen LogP contribution in [0.4, 0.5) is 5.13 Å². The normalized spacial score (nSPS) is 16.4. The molecular formula is C17H19N4O2S-. The number of hydrogen-bond donors (Lipinski definition) is 1. The first-order chi connectivity index (χ1) is 11.6. The fourth-order valence-corrected chi connectivity index (χ4v) is 3.73. The Kier molecular flexibility index (Phi) is 4.80. The summed E-state index contributed by atoms with van der Waals surface area (Å²) in [6.45, 7) is 1.57. The Labute approximate surface area is 144 Å². The zero-order chi connectivity index (χ0) is 17.1. The second-order valence-electron chi connectivity index (χ2n) is 5.79. The molecule has 0 bridgehead atoms. The number of benzene rings is 1. The number of thiazole rings is 1. The second-order valence-corrected chi connectivity index (χ2v) is 6.63. The summed E-state index contributed by atoms with van der Waals surface area (Å²) < 4.78 is 0. The number of carbonyl (C=O) groups is 1. The number of nitrogens with two attached hydrogens (primary N) is 1. The highest BCUT2D eigenvalue weighted by Crippen LogP contribution is 2.30. The van der Waals surface area contributed by atoms with Gasteiger partial charge in [-0.3, -0.25) is 4.79 Å². The van der Waals surface area contributed by atoms with E-state index >= 15 is 0 Å². The molecule has 1 aromatic heterocycles. The third-order valence-electron chi connectivity index (χ3n) is 4.27. The van der Waals surface area contributed by atoms with Crippen molar-refractivity contribution >= 4 is 28.3 Å². The van der Waals surface area contributed by atoms with Crippen LogP contribution in [0.3, 0.4) is 0 Å². The lowest BCUT2D eigenvalue weighted by Gasteiger charge is -2.30. The van der Waals surface area contributed by atoms with Crippen molar-refractivity contribution in [2.45, 2.75) is 12.8 Å². The Morgan fingerprint density at radius 3 is 2.83 bits per heavy atom. The summed E-state index contributed by atoms with van der Waals surface area (Å²) in [7, 11) is 1.49. The van der Waals surface area contributed by atoms with Gasteiger partial charge in [0.15, 0.2) is 5.13 Å². The minimum absolute atomic E-state index is 0.0267. The van der Waals surface area contributed by atoms with Crippen molar-refractivity contribution in [3.63, 3.8) is 0 Å². The van der Waals surface area contributed by atoms with Crippen LogP contribution < -0.4 is 15.7 Å². The fraction of sp³-hybridized carbons (Fsp3) is 0.353. The molecule has 1 aliphatic heterocycles. The molecule has 6 nitrogen and oxygen atoms in total. The van der Waals surface area contributed by atoms with Gasteiger partial charge in [-0.05, 0) is 30.4 Å². The molecule has 1 aliphatic rings. The number of anilines is 1. The molecule has 24 heavy (non-hydrogen) atoms. The van der Waals surface area contributed by atoms with Crippen LogP contribution in [0, 0.1) is 5.92 Å². The Morgan fingerprint density at radius 1 is 1.42 bits per heavy atom. The van der Waals surface area contributed by atoms with Crippen molar-refractivity contribution in [3.8, 4) is 11.3 Å².